The van der Waals surface area contributed by atoms with Crippen LogP contribution >= 0.6 is 0 Å². The number of aldehydes is 1. The molecule has 1 atom stereocenters. The van der Waals surface area contributed by atoms with Crippen molar-refractivity contribution < 1.29 is 14.7 Å². The number of nitrogens with zero attached hydrogens (tertiary/aromatic N) is 1. The van der Waals surface area contributed by atoms with Crippen LogP contribution in [0.2, 0.25) is 0 Å². The molecule has 4 heteroatoms. The van der Waals surface area contributed by atoms with E-state index in [1.54, 1.807) is 14.1 Å². The normalized spacial score (nSPS) is 13.1. The molecule has 4 nitrogen and oxygen atoms in total. The van der Waals surface area contributed by atoms with Gasteiger partial charge in [0.15, 0.2) is 0 Å². The van der Waals surface area contributed by atoms with Crippen molar-refractivity contribution >= 4 is 12.3 Å². The minimum atomic E-state index is -0.961. The Labute approximate surface area is 59.4 Å². The smallest absolute Gasteiger partial charge is 0.321 e. The molecule has 0 aromatic rings. The predicted octanol–water partition coefficient (Wildman–Crippen LogP) is -0.410. The molecule has 0 amide bonds. The van der Waals surface area contributed by atoms with E-state index in [-0.39, 0.29) is 6.42 Å². The van der Waals surface area contributed by atoms with E-state index in [0.29, 0.717) is 6.29 Å². The quantitative estimate of drug-likeness (QED) is 0.546. The Bertz CT molecular complexity index is 133. The van der Waals surface area contributed by atoms with Gasteiger partial charge in [-0.05, 0) is 14.1 Å². The van der Waals surface area contributed by atoms with E-state index in [1.165, 1.54) is 4.90 Å². The van der Waals surface area contributed by atoms with Crippen LogP contribution in [-0.2, 0) is 9.59 Å². The van der Waals surface area contributed by atoms with E-state index in [2.05, 4.69) is 0 Å². The van der Waals surface area contributed by atoms with E-state index in [9.17, 15) is 9.59 Å². The third-order valence-corrected chi connectivity index (χ3v) is 1.23. The second kappa shape index (κ2) is 4.00. The molecule has 0 aliphatic heterocycles. The average Bonchev–Trinajstić information content (AvgIpc) is 1.81. The van der Waals surface area contributed by atoms with Crippen LogP contribution in [0.4, 0.5) is 0 Å². The average molecular weight is 145 g/mol. The standard InChI is InChI=1S/C6H11NO3/c1-7(2)5(3-4-8)6(9)10/h4-5H,3H2,1-2H3,(H,9,10). The van der Waals surface area contributed by atoms with Crippen molar-refractivity contribution in [3.05, 3.63) is 0 Å². The van der Waals surface area contributed by atoms with Crippen LogP contribution in [0.15, 0.2) is 0 Å². The van der Waals surface area contributed by atoms with Gasteiger partial charge in [0.2, 0.25) is 0 Å². The van der Waals surface area contributed by atoms with Gasteiger partial charge in [-0.3, -0.25) is 9.69 Å². The molecule has 0 aromatic carbocycles. The minimum absolute atomic E-state index is 0.0440. The lowest BCUT2D eigenvalue weighted by atomic mass is 10.2. The molecule has 0 aliphatic rings. The molecule has 0 heterocycles. The van der Waals surface area contributed by atoms with Crippen molar-refractivity contribution in [1.29, 1.82) is 0 Å². The second-order valence-corrected chi connectivity index (χ2v) is 2.22. The fourth-order valence-electron chi connectivity index (χ4n) is 0.624. The summed E-state index contributed by atoms with van der Waals surface area (Å²) >= 11 is 0. The van der Waals surface area contributed by atoms with Crippen LogP contribution in [0.3, 0.4) is 0 Å². The molecule has 0 spiro atoms. The highest BCUT2D eigenvalue weighted by Gasteiger charge is 2.18. The van der Waals surface area contributed by atoms with Gasteiger partial charge in [0, 0.05) is 6.42 Å². The van der Waals surface area contributed by atoms with Crippen molar-refractivity contribution in [3.8, 4) is 0 Å². The lowest BCUT2D eigenvalue weighted by Gasteiger charge is -2.16. The van der Waals surface area contributed by atoms with Crippen LogP contribution in [-0.4, -0.2) is 42.4 Å². The zero-order valence-electron chi connectivity index (χ0n) is 6.07. The lowest BCUT2D eigenvalue weighted by Crippen LogP contribution is -2.35. The Morgan fingerprint density at radius 1 is 1.70 bits per heavy atom. The van der Waals surface area contributed by atoms with E-state index in [1.807, 2.05) is 0 Å². The van der Waals surface area contributed by atoms with Crippen molar-refractivity contribution in [1.82, 2.24) is 4.90 Å². The molecule has 58 valence electrons. The van der Waals surface area contributed by atoms with Crippen LogP contribution < -0.4 is 0 Å². The third-order valence-electron chi connectivity index (χ3n) is 1.23. The highest BCUT2D eigenvalue weighted by atomic mass is 16.4. The van der Waals surface area contributed by atoms with Crippen LogP contribution in [0.25, 0.3) is 0 Å². The summed E-state index contributed by atoms with van der Waals surface area (Å²) in [5.74, 6) is -0.961. The molecule has 0 fully saturated rings. The van der Waals surface area contributed by atoms with Crippen molar-refractivity contribution in [2.75, 3.05) is 14.1 Å². The monoisotopic (exact) mass is 145 g/mol. The van der Waals surface area contributed by atoms with Gasteiger partial charge in [-0.15, -0.1) is 0 Å². The van der Waals surface area contributed by atoms with E-state index >= 15 is 0 Å². The highest BCUT2D eigenvalue weighted by Crippen LogP contribution is 1.96. The number of aliphatic carboxylic acids is 1. The summed E-state index contributed by atoms with van der Waals surface area (Å²) in [6.45, 7) is 0. The number of likely N-dealkylation sites (N-methyl/N-ethyl adjacent to an activating group) is 1. The Morgan fingerprint density at radius 3 is 2.30 bits per heavy atom. The van der Waals surface area contributed by atoms with E-state index in [4.69, 9.17) is 5.11 Å². The number of rotatable bonds is 4. The maximum absolute atomic E-state index is 10.3. The van der Waals surface area contributed by atoms with Crippen LogP contribution in [0, 0.1) is 0 Å². The summed E-state index contributed by atoms with van der Waals surface area (Å²) in [5.41, 5.74) is 0. The van der Waals surface area contributed by atoms with Crippen molar-refractivity contribution in [2.45, 2.75) is 12.5 Å². The Morgan fingerprint density at radius 2 is 2.20 bits per heavy atom. The number of carbonyl (C=O) groups excluding carboxylic acids is 1. The van der Waals surface area contributed by atoms with Crippen molar-refractivity contribution in [3.63, 3.8) is 0 Å². The number of carbonyl (C=O) groups is 2. The van der Waals surface area contributed by atoms with Crippen LogP contribution in [0.5, 0.6) is 0 Å². The number of hydrogen-bond donors (Lipinski definition) is 1. The van der Waals surface area contributed by atoms with E-state index < -0.39 is 12.0 Å². The second-order valence-electron chi connectivity index (χ2n) is 2.22. The summed E-state index contributed by atoms with van der Waals surface area (Å²) in [7, 11) is 3.25. The molecule has 1 N–H and O–H groups in total. The predicted molar refractivity (Wildman–Crippen MR) is 35.8 cm³/mol. The molecular formula is C6H11NO3. The molecule has 10 heavy (non-hydrogen) atoms. The van der Waals surface area contributed by atoms with Gasteiger partial charge in [0.1, 0.15) is 12.3 Å². The molecule has 0 saturated carbocycles. The molecule has 0 bridgehead atoms. The fraction of sp³-hybridized carbons (Fsp3) is 0.667. The summed E-state index contributed by atoms with van der Waals surface area (Å²) in [6.07, 6.45) is 0.654. The number of carboxylic acid groups (broad SMARTS) is 1. The minimum Gasteiger partial charge on any atom is -0.480 e. The maximum Gasteiger partial charge on any atom is 0.321 e. The molecular weight excluding hydrogens is 134 g/mol. The molecule has 0 aliphatic carbocycles. The Hall–Kier alpha value is -0.900. The first kappa shape index (κ1) is 9.10. The largest absolute Gasteiger partial charge is 0.480 e. The van der Waals surface area contributed by atoms with Gasteiger partial charge >= 0.3 is 5.97 Å². The van der Waals surface area contributed by atoms with Gasteiger partial charge in [0.05, 0.1) is 0 Å². The summed E-state index contributed by atoms with van der Waals surface area (Å²) in [5, 5.41) is 8.47. The topological polar surface area (TPSA) is 57.6 Å². The summed E-state index contributed by atoms with van der Waals surface area (Å²) < 4.78 is 0. The number of carboxylic acids is 1. The Balaban J connectivity index is 3.97. The zero-order valence-corrected chi connectivity index (χ0v) is 6.07. The van der Waals surface area contributed by atoms with Gasteiger partial charge < -0.3 is 9.90 Å². The zero-order chi connectivity index (χ0) is 8.15. The molecule has 0 aromatic heterocycles. The van der Waals surface area contributed by atoms with Gasteiger partial charge in [-0.1, -0.05) is 0 Å². The fourth-order valence-corrected chi connectivity index (χ4v) is 0.624. The van der Waals surface area contributed by atoms with Gasteiger partial charge in [-0.25, -0.2) is 0 Å². The molecule has 1 unspecified atom stereocenters. The maximum atomic E-state index is 10.3. The van der Waals surface area contributed by atoms with E-state index in [0.717, 1.165) is 0 Å². The number of hydrogen-bond acceptors (Lipinski definition) is 3. The lowest BCUT2D eigenvalue weighted by molar-refractivity contribution is -0.143. The molecule has 0 saturated heterocycles. The van der Waals surface area contributed by atoms with Crippen LogP contribution in [0.1, 0.15) is 6.42 Å². The first-order valence-electron chi connectivity index (χ1n) is 2.92. The first-order chi connectivity index (χ1) is 4.59. The van der Waals surface area contributed by atoms with Gasteiger partial charge in [0.25, 0.3) is 0 Å². The first-order valence-corrected chi connectivity index (χ1v) is 2.92. The molecule has 0 rings (SSSR count). The van der Waals surface area contributed by atoms with Crippen molar-refractivity contribution in [2.24, 2.45) is 0 Å². The summed E-state index contributed by atoms with van der Waals surface area (Å²) in [4.78, 5) is 21.8. The third kappa shape index (κ3) is 2.59. The molecule has 0 radical (unpaired) electrons. The highest BCUT2D eigenvalue weighted by molar-refractivity contribution is 5.76. The SMILES string of the molecule is CN(C)C(CC=O)C(=O)O. The Kier molecular flexibility index (Phi) is 3.64. The summed E-state index contributed by atoms with van der Waals surface area (Å²) in [6, 6.07) is -0.683. The van der Waals surface area contributed by atoms with Gasteiger partial charge in [-0.2, -0.15) is 0 Å².